The van der Waals surface area contributed by atoms with Gasteiger partial charge in [-0.2, -0.15) is 0 Å². The van der Waals surface area contributed by atoms with Gasteiger partial charge in [-0.15, -0.1) is 0 Å². The maximum absolute atomic E-state index is 5.62. The summed E-state index contributed by atoms with van der Waals surface area (Å²) in [5, 5.41) is 0. The Hall–Kier alpha value is -1.22. The Bertz CT molecular complexity index is 350. The van der Waals surface area contributed by atoms with Crippen LogP contribution in [0.15, 0.2) is 12.1 Å². The maximum atomic E-state index is 5.62. The molecule has 15 heavy (non-hydrogen) atoms. The zero-order valence-corrected chi connectivity index (χ0v) is 9.08. The number of nitrogens with two attached hydrogens (primary N) is 1. The van der Waals surface area contributed by atoms with Crippen molar-refractivity contribution in [3.05, 3.63) is 23.3 Å². The average molecular weight is 207 g/mol. The molecule has 1 heterocycles. The molecule has 0 aromatic heterocycles. The molecule has 0 spiro atoms. The maximum Gasteiger partial charge on any atom is 0.123 e. The lowest BCUT2D eigenvalue weighted by atomic mass is 9.97. The van der Waals surface area contributed by atoms with Gasteiger partial charge in [-0.3, -0.25) is 0 Å². The molecule has 1 aromatic carbocycles. The number of benzene rings is 1. The second-order valence-corrected chi connectivity index (χ2v) is 3.71. The van der Waals surface area contributed by atoms with Gasteiger partial charge in [0.05, 0.1) is 13.7 Å². The molecule has 3 heteroatoms. The summed E-state index contributed by atoms with van der Waals surface area (Å²) in [5.74, 6) is 1.94. The second-order valence-electron chi connectivity index (χ2n) is 3.71. The fourth-order valence-corrected chi connectivity index (χ4v) is 2.10. The minimum atomic E-state index is 0.646. The summed E-state index contributed by atoms with van der Waals surface area (Å²) in [5.41, 5.74) is 8.12. The molecule has 1 aromatic rings. The number of methoxy groups -OCH3 is 1. The molecular weight excluding hydrogens is 190 g/mol. The smallest absolute Gasteiger partial charge is 0.123 e. The third-order valence-corrected chi connectivity index (χ3v) is 2.79. The highest BCUT2D eigenvalue weighted by Crippen LogP contribution is 2.34. The number of hydrogen-bond acceptors (Lipinski definition) is 3. The summed E-state index contributed by atoms with van der Waals surface area (Å²) >= 11 is 0. The zero-order chi connectivity index (χ0) is 10.7. The van der Waals surface area contributed by atoms with Crippen LogP contribution < -0.4 is 15.2 Å². The van der Waals surface area contributed by atoms with Gasteiger partial charge in [0.15, 0.2) is 0 Å². The summed E-state index contributed by atoms with van der Waals surface area (Å²) in [6.45, 7) is 1.47. The minimum absolute atomic E-state index is 0.646. The van der Waals surface area contributed by atoms with Crippen molar-refractivity contribution < 1.29 is 9.47 Å². The predicted octanol–water partition coefficient (Wildman–Crippen LogP) is 1.52. The van der Waals surface area contributed by atoms with E-state index in [4.69, 9.17) is 15.2 Å². The normalized spacial score (nSPS) is 14.3. The van der Waals surface area contributed by atoms with Gasteiger partial charge in [0, 0.05) is 11.1 Å². The monoisotopic (exact) mass is 207 g/mol. The van der Waals surface area contributed by atoms with E-state index in [1.54, 1.807) is 7.11 Å². The summed E-state index contributed by atoms with van der Waals surface area (Å²) in [6.07, 6.45) is 3.01. The highest BCUT2D eigenvalue weighted by atomic mass is 16.5. The molecule has 0 amide bonds. The lowest BCUT2D eigenvalue weighted by molar-refractivity contribution is 0.286. The third-order valence-electron chi connectivity index (χ3n) is 2.79. The Labute approximate surface area is 90.2 Å². The molecule has 0 saturated carbocycles. The molecule has 0 fully saturated rings. The molecular formula is C12H17NO2. The Morgan fingerprint density at radius 2 is 2.33 bits per heavy atom. The fourth-order valence-electron chi connectivity index (χ4n) is 2.10. The van der Waals surface area contributed by atoms with E-state index < -0.39 is 0 Å². The van der Waals surface area contributed by atoms with Crippen molar-refractivity contribution in [3.8, 4) is 11.5 Å². The first-order chi connectivity index (χ1) is 7.36. The van der Waals surface area contributed by atoms with Crippen molar-refractivity contribution in [2.75, 3.05) is 20.3 Å². The van der Waals surface area contributed by atoms with Gasteiger partial charge in [-0.25, -0.2) is 0 Å². The van der Waals surface area contributed by atoms with Crippen LogP contribution in [-0.2, 0) is 12.8 Å². The highest BCUT2D eigenvalue weighted by molar-refractivity contribution is 5.49. The second kappa shape index (κ2) is 4.53. The fraction of sp³-hybridized carbons (Fsp3) is 0.500. The van der Waals surface area contributed by atoms with E-state index in [9.17, 15) is 0 Å². The van der Waals surface area contributed by atoms with Crippen molar-refractivity contribution in [2.45, 2.75) is 19.3 Å². The summed E-state index contributed by atoms with van der Waals surface area (Å²) < 4.78 is 11.0. The molecule has 1 aliphatic heterocycles. The lowest BCUT2D eigenvalue weighted by Gasteiger charge is -2.21. The van der Waals surface area contributed by atoms with Gasteiger partial charge in [0.1, 0.15) is 11.5 Å². The molecule has 0 radical (unpaired) electrons. The SMILES string of the molecule is COc1ccc2c(c1CCN)CCCO2. The first kappa shape index (κ1) is 10.3. The van der Waals surface area contributed by atoms with E-state index in [0.717, 1.165) is 37.4 Å². The molecule has 0 atom stereocenters. The first-order valence-electron chi connectivity index (χ1n) is 5.38. The van der Waals surface area contributed by atoms with Gasteiger partial charge < -0.3 is 15.2 Å². The van der Waals surface area contributed by atoms with Gasteiger partial charge >= 0.3 is 0 Å². The molecule has 0 saturated heterocycles. The topological polar surface area (TPSA) is 44.5 Å². The zero-order valence-electron chi connectivity index (χ0n) is 9.08. The van der Waals surface area contributed by atoms with Gasteiger partial charge in [-0.05, 0) is 37.9 Å². The predicted molar refractivity (Wildman–Crippen MR) is 59.6 cm³/mol. The van der Waals surface area contributed by atoms with E-state index in [0.29, 0.717) is 6.54 Å². The van der Waals surface area contributed by atoms with Crippen molar-refractivity contribution in [3.63, 3.8) is 0 Å². The molecule has 2 rings (SSSR count). The minimum Gasteiger partial charge on any atom is -0.496 e. The summed E-state index contributed by atoms with van der Waals surface area (Å²) in [7, 11) is 1.70. The third kappa shape index (κ3) is 1.92. The van der Waals surface area contributed by atoms with Gasteiger partial charge in [-0.1, -0.05) is 0 Å². The van der Waals surface area contributed by atoms with Crippen LogP contribution in [0.1, 0.15) is 17.5 Å². The largest absolute Gasteiger partial charge is 0.496 e. The van der Waals surface area contributed by atoms with Crippen molar-refractivity contribution >= 4 is 0 Å². The number of rotatable bonds is 3. The Morgan fingerprint density at radius 3 is 3.07 bits per heavy atom. The van der Waals surface area contributed by atoms with Crippen LogP contribution in [-0.4, -0.2) is 20.3 Å². The van der Waals surface area contributed by atoms with Crippen LogP contribution in [0.3, 0.4) is 0 Å². The van der Waals surface area contributed by atoms with Gasteiger partial charge in [0.2, 0.25) is 0 Å². The van der Waals surface area contributed by atoms with Crippen LogP contribution in [0.5, 0.6) is 11.5 Å². The van der Waals surface area contributed by atoms with Gasteiger partial charge in [0.25, 0.3) is 0 Å². The molecule has 3 nitrogen and oxygen atoms in total. The average Bonchev–Trinajstić information content (AvgIpc) is 2.30. The van der Waals surface area contributed by atoms with Crippen LogP contribution in [0, 0.1) is 0 Å². The Balaban J connectivity index is 2.44. The lowest BCUT2D eigenvalue weighted by Crippen LogP contribution is -2.13. The van der Waals surface area contributed by atoms with Crippen molar-refractivity contribution in [1.82, 2.24) is 0 Å². The molecule has 0 unspecified atom stereocenters. The molecule has 0 aliphatic carbocycles. The Kier molecular flexibility index (Phi) is 3.11. The quantitative estimate of drug-likeness (QED) is 0.817. The summed E-state index contributed by atoms with van der Waals surface area (Å²) in [4.78, 5) is 0. The van der Waals surface area contributed by atoms with Crippen molar-refractivity contribution in [2.24, 2.45) is 5.73 Å². The number of ether oxygens (including phenoxy) is 2. The van der Waals surface area contributed by atoms with Crippen LogP contribution in [0.4, 0.5) is 0 Å². The van der Waals surface area contributed by atoms with E-state index in [2.05, 4.69) is 0 Å². The molecule has 82 valence electrons. The van der Waals surface area contributed by atoms with E-state index in [1.165, 1.54) is 11.1 Å². The van der Waals surface area contributed by atoms with E-state index in [-0.39, 0.29) is 0 Å². The highest BCUT2D eigenvalue weighted by Gasteiger charge is 2.17. The van der Waals surface area contributed by atoms with E-state index >= 15 is 0 Å². The molecule has 2 N–H and O–H groups in total. The number of fused-ring (bicyclic) bond motifs is 1. The summed E-state index contributed by atoms with van der Waals surface area (Å²) in [6, 6.07) is 3.96. The van der Waals surface area contributed by atoms with Crippen LogP contribution >= 0.6 is 0 Å². The number of hydrogen-bond donors (Lipinski definition) is 1. The van der Waals surface area contributed by atoms with Crippen molar-refractivity contribution in [1.29, 1.82) is 0 Å². The van der Waals surface area contributed by atoms with Crippen LogP contribution in [0.2, 0.25) is 0 Å². The molecule has 0 bridgehead atoms. The van der Waals surface area contributed by atoms with Crippen LogP contribution in [0.25, 0.3) is 0 Å². The standard InChI is InChI=1S/C12H17NO2/c1-14-11-4-5-12-9(3-2-8-15-12)10(11)6-7-13/h4-5H,2-3,6-8,13H2,1H3. The van der Waals surface area contributed by atoms with E-state index in [1.807, 2.05) is 12.1 Å². The first-order valence-corrected chi connectivity index (χ1v) is 5.38. The molecule has 1 aliphatic rings. The Morgan fingerprint density at radius 1 is 1.47 bits per heavy atom.